The number of amides is 3. The van der Waals surface area contributed by atoms with Crippen molar-refractivity contribution >= 4 is 17.7 Å². The molecule has 122 valence electrons. The highest BCUT2D eigenvalue weighted by molar-refractivity contribution is 6.01. The first-order valence-corrected chi connectivity index (χ1v) is 7.94. The van der Waals surface area contributed by atoms with Crippen LogP contribution in [0.2, 0.25) is 0 Å². The smallest absolute Gasteiger partial charge is 0.254 e. The molecule has 1 atom stereocenters. The van der Waals surface area contributed by atoms with Crippen molar-refractivity contribution in [2.75, 3.05) is 13.2 Å². The number of rotatable bonds is 4. The number of aliphatic hydroxyl groups is 1. The van der Waals surface area contributed by atoms with Crippen molar-refractivity contribution in [2.45, 2.75) is 38.3 Å². The summed E-state index contributed by atoms with van der Waals surface area (Å²) in [5.74, 6) is -0.363. The third-order valence-corrected chi connectivity index (χ3v) is 4.55. The second kappa shape index (κ2) is 6.50. The van der Waals surface area contributed by atoms with Crippen LogP contribution in [-0.4, -0.2) is 51.8 Å². The largest absolute Gasteiger partial charge is 0.394 e. The molecule has 0 spiro atoms. The van der Waals surface area contributed by atoms with Gasteiger partial charge in [-0.25, -0.2) is 0 Å². The van der Waals surface area contributed by atoms with Crippen molar-refractivity contribution in [3.05, 3.63) is 35.4 Å². The number of likely N-dealkylation sites (tertiary alicyclic amines) is 2. The molecule has 1 N–H and O–H groups in total. The maximum Gasteiger partial charge on any atom is 0.254 e. The molecule has 23 heavy (non-hydrogen) atoms. The Bertz CT molecular complexity index is 610. The van der Waals surface area contributed by atoms with Gasteiger partial charge in [-0.1, -0.05) is 12.1 Å². The first-order valence-electron chi connectivity index (χ1n) is 7.94. The predicted molar refractivity (Wildman–Crippen MR) is 82.4 cm³/mol. The third-order valence-electron chi connectivity index (χ3n) is 4.55. The van der Waals surface area contributed by atoms with Crippen molar-refractivity contribution in [2.24, 2.45) is 0 Å². The molecule has 0 saturated carbocycles. The number of carbonyl (C=O) groups is 3. The normalized spacial score (nSPS) is 21.3. The van der Waals surface area contributed by atoms with Crippen molar-refractivity contribution in [3.8, 4) is 0 Å². The molecule has 0 radical (unpaired) electrons. The van der Waals surface area contributed by atoms with E-state index >= 15 is 0 Å². The summed E-state index contributed by atoms with van der Waals surface area (Å²) >= 11 is 0. The second-order valence-electron chi connectivity index (χ2n) is 6.05. The van der Waals surface area contributed by atoms with Crippen molar-refractivity contribution in [3.63, 3.8) is 0 Å². The molecule has 2 aliphatic rings. The molecule has 0 unspecified atom stereocenters. The van der Waals surface area contributed by atoms with E-state index < -0.39 is 0 Å². The molecule has 1 aromatic carbocycles. The molecular weight excluding hydrogens is 296 g/mol. The lowest BCUT2D eigenvalue weighted by atomic mass is 10.1. The standard InChI is InChI=1S/C17H20N2O4/c20-11-14-2-1-9-18(14)17(23)13-5-3-12(4-6-13)10-19-15(21)7-8-16(19)22/h3-6,14,20H,1-2,7-11H2/t14-/m1/s1. The van der Waals surface area contributed by atoms with Crippen LogP contribution in [-0.2, 0) is 16.1 Å². The fourth-order valence-corrected chi connectivity index (χ4v) is 3.19. The lowest BCUT2D eigenvalue weighted by Crippen LogP contribution is -2.37. The van der Waals surface area contributed by atoms with Crippen LogP contribution in [0.4, 0.5) is 0 Å². The van der Waals surface area contributed by atoms with Gasteiger partial charge in [0, 0.05) is 24.9 Å². The SMILES string of the molecule is O=C1CCC(=O)N1Cc1ccc(C(=O)N2CCC[C@@H]2CO)cc1. The molecule has 3 amide bonds. The van der Waals surface area contributed by atoms with Crippen molar-refractivity contribution < 1.29 is 19.5 Å². The average Bonchev–Trinajstić information content (AvgIpc) is 3.16. The molecule has 2 aliphatic heterocycles. The molecule has 0 bridgehead atoms. The topological polar surface area (TPSA) is 77.9 Å². The molecule has 6 heteroatoms. The summed E-state index contributed by atoms with van der Waals surface area (Å²) in [5.41, 5.74) is 1.39. The number of benzene rings is 1. The highest BCUT2D eigenvalue weighted by atomic mass is 16.3. The van der Waals surface area contributed by atoms with Gasteiger partial charge < -0.3 is 10.0 Å². The van der Waals surface area contributed by atoms with Gasteiger partial charge in [0.05, 0.1) is 19.2 Å². The lowest BCUT2D eigenvalue weighted by molar-refractivity contribution is -0.139. The number of carbonyl (C=O) groups excluding carboxylic acids is 3. The quantitative estimate of drug-likeness (QED) is 0.838. The first kappa shape index (κ1) is 15.7. The molecule has 2 heterocycles. The van der Waals surface area contributed by atoms with E-state index in [-0.39, 0.29) is 49.8 Å². The summed E-state index contributed by atoms with van der Waals surface area (Å²) in [6.45, 7) is 0.917. The second-order valence-corrected chi connectivity index (χ2v) is 6.05. The highest BCUT2D eigenvalue weighted by Crippen LogP contribution is 2.21. The third kappa shape index (κ3) is 3.12. The Morgan fingerprint density at radius 2 is 1.78 bits per heavy atom. The minimum atomic E-state index is -0.141. The van der Waals surface area contributed by atoms with Gasteiger partial charge in [-0.2, -0.15) is 0 Å². The predicted octanol–water partition coefficient (Wildman–Crippen LogP) is 0.932. The summed E-state index contributed by atoms with van der Waals surface area (Å²) in [5, 5.41) is 9.32. The van der Waals surface area contributed by atoms with Crippen LogP contribution >= 0.6 is 0 Å². The molecule has 0 aliphatic carbocycles. The zero-order valence-electron chi connectivity index (χ0n) is 12.9. The molecule has 2 fully saturated rings. The van der Waals surface area contributed by atoms with E-state index in [0.717, 1.165) is 18.4 Å². The Kier molecular flexibility index (Phi) is 4.43. The number of hydrogen-bond donors (Lipinski definition) is 1. The Hall–Kier alpha value is -2.21. The fraction of sp³-hybridized carbons (Fsp3) is 0.471. The molecule has 0 aromatic heterocycles. The molecule has 6 nitrogen and oxygen atoms in total. The van der Waals surface area contributed by atoms with Gasteiger partial charge in [-0.15, -0.1) is 0 Å². The van der Waals surface area contributed by atoms with Gasteiger partial charge >= 0.3 is 0 Å². The van der Waals surface area contributed by atoms with Gasteiger partial charge in [0.15, 0.2) is 0 Å². The van der Waals surface area contributed by atoms with Crippen LogP contribution in [0.5, 0.6) is 0 Å². The van der Waals surface area contributed by atoms with E-state index in [0.29, 0.717) is 12.1 Å². The number of nitrogens with zero attached hydrogens (tertiary/aromatic N) is 2. The van der Waals surface area contributed by atoms with Crippen LogP contribution in [0.15, 0.2) is 24.3 Å². The summed E-state index contributed by atoms with van der Waals surface area (Å²) in [6, 6.07) is 6.89. The van der Waals surface area contributed by atoms with E-state index in [9.17, 15) is 19.5 Å². The Labute approximate surface area is 134 Å². The van der Waals surface area contributed by atoms with E-state index in [1.54, 1.807) is 29.2 Å². The van der Waals surface area contributed by atoms with E-state index in [1.165, 1.54) is 4.90 Å². The lowest BCUT2D eigenvalue weighted by Gasteiger charge is -2.23. The summed E-state index contributed by atoms with van der Waals surface area (Å²) in [6.07, 6.45) is 2.31. The van der Waals surface area contributed by atoms with E-state index in [1.807, 2.05) is 0 Å². The Balaban J connectivity index is 1.68. The minimum Gasteiger partial charge on any atom is -0.394 e. The average molecular weight is 316 g/mol. The van der Waals surface area contributed by atoms with Gasteiger partial charge in [-0.3, -0.25) is 19.3 Å². The number of hydrogen-bond acceptors (Lipinski definition) is 4. The van der Waals surface area contributed by atoms with E-state index in [4.69, 9.17) is 0 Å². The molecule has 1 aromatic rings. The monoisotopic (exact) mass is 316 g/mol. The summed E-state index contributed by atoms with van der Waals surface area (Å²) in [7, 11) is 0. The zero-order chi connectivity index (χ0) is 16.4. The fourth-order valence-electron chi connectivity index (χ4n) is 3.19. The Morgan fingerprint density at radius 3 is 2.39 bits per heavy atom. The van der Waals surface area contributed by atoms with Gasteiger partial charge in [0.1, 0.15) is 0 Å². The van der Waals surface area contributed by atoms with Gasteiger partial charge in [-0.05, 0) is 30.5 Å². The van der Waals surface area contributed by atoms with Crippen molar-refractivity contribution in [1.82, 2.24) is 9.80 Å². The molecule has 3 rings (SSSR count). The van der Waals surface area contributed by atoms with Crippen LogP contribution in [0, 0.1) is 0 Å². The maximum atomic E-state index is 12.5. The van der Waals surface area contributed by atoms with Crippen molar-refractivity contribution in [1.29, 1.82) is 0 Å². The Morgan fingerprint density at radius 1 is 1.13 bits per heavy atom. The van der Waals surface area contributed by atoms with Crippen LogP contribution in [0.3, 0.4) is 0 Å². The highest BCUT2D eigenvalue weighted by Gasteiger charge is 2.30. The summed E-state index contributed by atoms with van der Waals surface area (Å²) < 4.78 is 0. The van der Waals surface area contributed by atoms with Gasteiger partial charge in [0.2, 0.25) is 11.8 Å². The summed E-state index contributed by atoms with van der Waals surface area (Å²) in [4.78, 5) is 38.7. The van der Waals surface area contributed by atoms with Gasteiger partial charge in [0.25, 0.3) is 5.91 Å². The van der Waals surface area contributed by atoms with Crippen LogP contribution < -0.4 is 0 Å². The maximum absolute atomic E-state index is 12.5. The van der Waals surface area contributed by atoms with Crippen LogP contribution in [0.25, 0.3) is 0 Å². The van der Waals surface area contributed by atoms with Crippen LogP contribution in [0.1, 0.15) is 41.6 Å². The zero-order valence-corrected chi connectivity index (χ0v) is 12.9. The number of aliphatic hydroxyl groups excluding tert-OH is 1. The molecule has 2 saturated heterocycles. The number of imide groups is 1. The minimum absolute atomic E-state index is 0.0109. The van der Waals surface area contributed by atoms with E-state index in [2.05, 4.69) is 0 Å². The molecular formula is C17H20N2O4. The first-order chi connectivity index (χ1) is 11.1.